The smallest absolute Gasteiger partial charge is 0.174 e. The van der Waals surface area contributed by atoms with Gasteiger partial charge in [-0.15, -0.1) is 0 Å². The molecule has 1 aromatic carbocycles. The minimum absolute atomic E-state index is 0.0646. The zero-order valence-electron chi connectivity index (χ0n) is 10.2. The standard InChI is InChI=1S/C13H13NO4/c1-9(15)12-4-3-10(16-2)7-13(12)17-8-11-5-6-14-18-11/h3-7H,8H2,1-2H3. The third-order valence-electron chi connectivity index (χ3n) is 2.43. The molecule has 0 amide bonds. The molecule has 18 heavy (non-hydrogen) atoms. The molecule has 5 heteroatoms. The van der Waals surface area contributed by atoms with Crippen LogP contribution in [0.2, 0.25) is 0 Å². The van der Waals surface area contributed by atoms with Gasteiger partial charge < -0.3 is 14.0 Å². The van der Waals surface area contributed by atoms with Crippen molar-refractivity contribution in [3.05, 3.63) is 41.8 Å². The Morgan fingerprint density at radius 2 is 2.22 bits per heavy atom. The van der Waals surface area contributed by atoms with Crippen LogP contribution in [0.1, 0.15) is 23.0 Å². The highest BCUT2D eigenvalue weighted by molar-refractivity contribution is 5.97. The Hall–Kier alpha value is -2.30. The molecule has 0 radical (unpaired) electrons. The van der Waals surface area contributed by atoms with E-state index in [1.54, 1.807) is 31.4 Å². The van der Waals surface area contributed by atoms with Crippen LogP contribution in [0.15, 0.2) is 35.0 Å². The highest BCUT2D eigenvalue weighted by atomic mass is 16.5. The van der Waals surface area contributed by atoms with Gasteiger partial charge in [-0.05, 0) is 19.1 Å². The van der Waals surface area contributed by atoms with Gasteiger partial charge in [-0.2, -0.15) is 0 Å². The van der Waals surface area contributed by atoms with E-state index in [-0.39, 0.29) is 12.4 Å². The lowest BCUT2D eigenvalue weighted by atomic mass is 10.1. The van der Waals surface area contributed by atoms with Crippen molar-refractivity contribution in [1.29, 1.82) is 0 Å². The van der Waals surface area contributed by atoms with Gasteiger partial charge in [-0.25, -0.2) is 0 Å². The van der Waals surface area contributed by atoms with Crippen LogP contribution in [0.25, 0.3) is 0 Å². The summed E-state index contributed by atoms with van der Waals surface area (Å²) < 4.78 is 15.6. The van der Waals surface area contributed by atoms with E-state index in [0.29, 0.717) is 22.8 Å². The number of carbonyl (C=O) groups excluding carboxylic acids is 1. The van der Waals surface area contributed by atoms with Gasteiger partial charge in [0.15, 0.2) is 11.5 Å². The summed E-state index contributed by atoms with van der Waals surface area (Å²) in [5, 5.41) is 3.58. The van der Waals surface area contributed by atoms with Crippen LogP contribution in [0.5, 0.6) is 11.5 Å². The number of hydrogen-bond acceptors (Lipinski definition) is 5. The number of rotatable bonds is 5. The van der Waals surface area contributed by atoms with Crippen molar-refractivity contribution >= 4 is 5.78 Å². The van der Waals surface area contributed by atoms with Crippen molar-refractivity contribution < 1.29 is 18.8 Å². The normalized spacial score (nSPS) is 10.1. The first-order valence-corrected chi connectivity index (χ1v) is 5.42. The largest absolute Gasteiger partial charge is 0.497 e. The van der Waals surface area contributed by atoms with Crippen LogP contribution in [0.3, 0.4) is 0 Å². The molecule has 0 aliphatic heterocycles. The Bertz CT molecular complexity index is 534. The fourth-order valence-electron chi connectivity index (χ4n) is 1.51. The molecule has 0 aliphatic carbocycles. The van der Waals surface area contributed by atoms with Gasteiger partial charge in [0.25, 0.3) is 0 Å². The predicted molar refractivity (Wildman–Crippen MR) is 63.8 cm³/mol. The summed E-state index contributed by atoms with van der Waals surface area (Å²) in [6.45, 7) is 1.70. The van der Waals surface area contributed by atoms with Crippen LogP contribution in [-0.4, -0.2) is 18.0 Å². The van der Waals surface area contributed by atoms with Gasteiger partial charge in [0.05, 0.1) is 18.9 Å². The summed E-state index contributed by atoms with van der Waals surface area (Å²) >= 11 is 0. The Morgan fingerprint density at radius 3 is 2.83 bits per heavy atom. The summed E-state index contributed by atoms with van der Waals surface area (Å²) in [6.07, 6.45) is 1.54. The number of benzene rings is 1. The van der Waals surface area contributed by atoms with Crippen molar-refractivity contribution in [3.8, 4) is 11.5 Å². The van der Waals surface area contributed by atoms with Gasteiger partial charge in [0.2, 0.25) is 0 Å². The maximum Gasteiger partial charge on any atom is 0.174 e. The number of aromatic nitrogens is 1. The number of carbonyl (C=O) groups is 1. The van der Waals surface area contributed by atoms with Gasteiger partial charge >= 0.3 is 0 Å². The fraction of sp³-hybridized carbons (Fsp3) is 0.231. The van der Waals surface area contributed by atoms with E-state index in [2.05, 4.69) is 5.16 Å². The monoisotopic (exact) mass is 247 g/mol. The molecule has 0 saturated carbocycles. The molecule has 2 rings (SSSR count). The van der Waals surface area contributed by atoms with Crippen LogP contribution < -0.4 is 9.47 Å². The maximum atomic E-state index is 11.5. The van der Waals surface area contributed by atoms with Gasteiger partial charge in [-0.3, -0.25) is 4.79 Å². The molecule has 5 nitrogen and oxygen atoms in total. The molecule has 94 valence electrons. The second kappa shape index (κ2) is 5.35. The SMILES string of the molecule is COc1ccc(C(C)=O)c(OCc2ccno2)c1. The molecule has 0 bridgehead atoms. The topological polar surface area (TPSA) is 61.6 Å². The lowest BCUT2D eigenvalue weighted by molar-refractivity contribution is 0.101. The average Bonchev–Trinajstić information content (AvgIpc) is 2.88. The molecule has 0 unspecified atom stereocenters. The summed E-state index contributed by atoms with van der Waals surface area (Å²) in [6, 6.07) is 6.77. The fourth-order valence-corrected chi connectivity index (χ4v) is 1.51. The Labute approximate surface area is 104 Å². The molecular formula is C13H13NO4. The van der Waals surface area contributed by atoms with E-state index in [1.807, 2.05) is 0 Å². The average molecular weight is 247 g/mol. The molecule has 1 heterocycles. The van der Waals surface area contributed by atoms with E-state index >= 15 is 0 Å². The Morgan fingerprint density at radius 1 is 1.39 bits per heavy atom. The van der Waals surface area contributed by atoms with Gasteiger partial charge in [0, 0.05) is 12.1 Å². The van der Waals surface area contributed by atoms with E-state index in [9.17, 15) is 4.79 Å². The zero-order valence-corrected chi connectivity index (χ0v) is 10.2. The first kappa shape index (κ1) is 12.2. The van der Waals surface area contributed by atoms with Crippen molar-refractivity contribution in [2.24, 2.45) is 0 Å². The molecule has 0 N–H and O–H groups in total. The highest BCUT2D eigenvalue weighted by Gasteiger charge is 2.11. The van der Waals surface area contributed by atoms with E-state index in [4.69, 9.17) is 14.0 Å². The quantitative estimate of drug-likeness (QED) is 0.759. The summed E-state index contributed by atoms with van der Waals surface area (Å²) in [4.78, 5) is 11.5. The van der Waals surface area contributed by atoms with Crippen LogP contribution in [0.4, 0.5) is 0 Å². The second-order valence-corrected chi connectivity index (χ2v) is 3.69. The number of ether oxygens (including phenoxy) is 2. The summed E-state index contributed by atoms with van der Waals surface area (Å²) in [5.41, 5.74) is 0.510. The van der Waals surface area contributed by atoms with Crippen molar-refractivity contribution in [1.82, 2.24) is 5.16 Å². The molecule has 0 aliphatic rings. The van der Waals surface area contributed by atoms with Gasteiger partial charge in [0.1, 0.15) is 18.1 Å². The van der Waals surface area contributed by atoms with Crippen molar-refractivity contribution in [3.63, 3.8) is 0 Å². The van der Waals surface area contributed by atoms with E-state index < -0.39 is 0 Å². The zero-order chi connectivity index (χ0) is 13.0. The van der Waals surface area contributed by atoms with E-state index in [0.717, 1.165) is 0 Å². The molecule has 0 spiro atoms. The third kappa shape index (κ3) is 2.68. The first-order valence-electron chi connectivity index (χ1n) is 5.42. The second-order valence-electron chi connectivity index (χ2n) is 3.69. The third-order valence-corrected chi connectivity index (χ3v) is 2.43. The van der Waals surface area contributed by atoms with Crippen LogP contribution >= 0.6 is 0 Å². The maximum absolute atomic E-state index is 11.5. The van der Waals surface area contributed by atoms with Crippen molar-refractivity contribution in [2.45, 2.75) is 13.5 Å². The number of ketones is 1. The molecular weight excluding hydrogens is 234 g/mol. The first-order chi connectivity index (χ1) is 8.70. The molecule has 1 aromatic heterocycles. The van der Waals surface area contributed by atoms with Gasteiger partial charge in [-0.1, -0.05) is 5.16 Å². The number of nitrogens with zero attached hydrogens (tertiary/aromatic N) is 1. The summed E-state index contributed by atoms with van der Waals surface area (Å²) in [5.74, 6) is 1.63. The predicted octanol–water partition coefficient (Wildman–Crippen LogP) is 2.46. The molecule has 0 atom stereocenters. The number of Topliss-reactive ketones (excluding diaryl/α,β-unsaturated/α-hetero) is 1. The number of methoxy groups -OCH3 is 1. The minimum atomic E-state index is -0.0646. The lowest BCUT2D eigenvalue weighted by Crippen LogP contribution is -2.01. The minimum Gasteiger partial charge on any atom is -0.497 e. The Balaban J connectivity index is 2.20. The molecule has 0 fully saturated rings. The highest BCUT2D eigenvalue weighted by Crippen LogP contribution is 2.26. The lowest BCUT2D eigenvalue weighted by Gasteiger charge is -2.10. The van der Waals surface area contributed by atoms with Crippen LogP contribution in [-0.2, 0) is 6.61 Å². The molecule has 0 saturated heterocycles. The van der Waals surface area contributed by atoms with E-state index in [1.165, 1.54) is 13.1 Å². The van der Waals surface area contributed by atoms with Crippen LogP contribution in [0, 0.1) is 0 Å². The summed E-state index contributed by atoms with van der Waals surface area (Å²) in [7, 11) is 1.56. The molecule has 2 aromatic rings. The Kier molecular flexibility index (Phi) is 3.62. The number of hydrogen-bond donors (Lipinski definition) is 0. The van der Waals surface area contributed by atoms with Crippen molar-refractivity contribution in [2.75, 3.05) is 7.11 Å².